The summed E-state index contributed by atoms with van der Waals surface area (Å²) in [6.45, 7) is 6.65. The zero-order chi connectivity index (χ0) is 17.1. The van der Waals surface area contributed by atoms with E-state index in [2.05, 4.69) is 15.0 Å². The van der Waals surface area contributed by atoms with E-state index in [4.69, 9.17) is 10.3 Å². The third kappa shape index (κ3) is 3.47. The number of benzene rings is 1. The van der Waals surface area contributed by atoms with E-state index in [1.165, 1.54) is 0 Å². The van der Waals surface area contributed by atoms with Crippen LogP contribution in [-0.2, 0) is 4.79 Å². The Morgan fingerprint density at radius 2 is 1.83 bits per heavy atom. The van der Waals surface area contributed by atoms with Crippen molar-refractivity contribution in [3.8, 4) is 11.4 Å². The molecule has 1 aromatic carbocycles. The highest BCUT2D eigenvalue weighted by Gasteiger charge is 2.28. The van der Waals surface area contributed by atoms with E-state index < -0.39 is 6.04 Å². The van der Waals surface area contributed by atoms with E-state index in [9.17, 15) is 4.79 Å². The maximum Gasteiger partial charge on any atom is 0.244 e. The summed E-state index contributed by atoms with van der Waals surface area (Å²) in [5.74, 6) is 1.20. The molecule has 1 aliphatic rings. The molecule has 0 spiro atoms. The summed E-state index contributed by atoms with van der Waals surface area (Å²) in [6, 6.07) is 9.33. The molecule has 7 nitrogen and oxygen atoms in total. The summed E-state index contributed by atoms with van der Waals surface area (Å²) >= 11 is 0. The van der Waals surface area contributed by atoms with Gasteiger partial charge in [-0.1, -0.05) is 35.5 Å². The van der Waals surface area contributed by atoms with Crippen molar-refractivity contribution in [2.45, 2.75) is 25.9 Å². The predicted octanol–water partition coefficient (Wildman–Crippen LogP) is 1.29. The number of rotatable bonds is 4. The lowest BCUT2D eigenvalue weighted by Gasteiger charge is -2.37. The van der Waals surface area contributed by atoms with E-state index in [1.807, 2.05) is 42.2 Å². The van der Waals surface area contributed by atoms with Gasteiger partial charge in [0.15, 0.2) is 0 Å². The van der Waals surface area contributed by atoms with Crippen LogP contribution in [0, 0.1) is 0 Å². The van der Waals surface area contributed by atoms with Gasteiger partial charge in [0.1, 0.15) is 0 Å². The van der Waals surface area contributed by atoms with Crippen molar-refractivity contribution in [2.24, 2.45) is 5.73 Å². The molecule has 2 atom stereocenters. The Balaban J connectivity index is 1.63. The van der Waals surface area contributed by atoms with E-state index >= 15 is 0 Å². The average Bonchev–Trinajstić information content (AvgIpc) is 3.11. The Bertz CT molecular complexity index is 677. The standard InChI is InChI=1S/C17H23N5O2/c1-12(18)17(23)22-10-8-21(9-11-22)13(2)16-19-15(20-24-16)14-6-4-3-5-7-14/h3-7,12-13H,8-11,18H2,1-2H3/t12-,13?/m1/s1. The van der Waals surface area contributed by atoms with Gasteiger partial charge in [-0.05, 0) is 13.8 Å². The second-order valence-corrected chi connectivity index (χ2v) is 6.15. The lowest BCUT2D eigenvalue weighted by Crippen LogP contribution is -2.52. The molecular weight excluding hydrogens is 306 g/mol. The fourth-order valence-electron chi connectivity index (χ4n) is 2.88. The highest BCUT2D eigenvalue weighted by Crippen LogP contribution is 2.23. The number of carbonyl (C=O) groups is 1. The fraction of sp³-hybridized carbons (Fsp3) is 0.471. The molecule has 1 fully saturated rings. The highest BCUT2D eigenvalue weighted by molar-refractivity contribution is 5.81. The van der Waals surface area contributed by atoms with Crippen molar-refractivity contribution in [1.82, 2.24) is 19.9 Å². The minimum atomic E-state index is -0.446. The largest absolute Gasteiger partial charge is 0.339 e. The van der Waals surface area contributed by atoms with Gasteiger partial charge in [0.2, 0.25) is 17.6 Å². The molecule has 0 saturated carbocycles. The van der Waals surface area contributed by atoms with Crippen LogP contribution in [0.2, 0.25) is 0 Å². The molecular formula is C17H23N5O2. The van der Waals surface area contributed by atoms with Gasteiger partial charge in [-0.25, -0.2) is 0 Å². The molecule has 1 unspecified atom stereocenters. The first kappa shape index (κ1) is 16.6. The van der Waals surface area contributed by atoms with Crippen LogP contribution in [-0.4, -0.2) is 58.1 Å². The second-order valence-electron chi connectivity index (χ2n) is 6.15. The Morgan fingerprint density at radius 3 is 2.46 bits per heavy atom. The van der Waals surface area contributed by atoms with E-state index in [-0.39, 0.29) is 11.9 Å². The first-order chi connectivity index (χ1) is 11.6. The molecule has 2 N–H and O–H groups in total. The molecule has 3 rings (SSSR count). The van der Waals surface area contributed by atoms with Crippen molar-refractivity contribution in [2.75, 3.05) is 26.2 Å². The van der Waals surface area contributed by atoms with Crippen molar-refractivity contribution < 1.29 is 9.32 Å². The van der Waals surface area contributed by atoms with E-state index in [0.717, 1.165) is 18.7 Å². The van der Waals surface area contributed by atoms with Crippen LogP contribution in [0.1, 0.15) is 25.8 Å². The van der Waals surface area contributed by atoms with E-state index in [0.29, 0.717) is 24.8 Å². The SMILES string of the molecule is CC(c1nc(-c2ccccc2)no1)N1CCN(C(=O)[C@@H](C)N)CC1. The zero-order valence-corrected chi connectivity index (χ0v) is 14.1. The summed E-state index contributed by atoms with van der Waals surface area (Å²) in [5, 5.41) is 4.07. The first-order valence-corrected chi connectivity index (χ1v) is 8.23. The van der Waals surface area contributed by atoms with Crippen LogP contribution in [0.4, 0.5) is 0 Å². The van der Waals surface area contributed by atoms with Crippen LogP contribution in [0.3, 0.4) is 0 Å². The van der Waals surface area contributed by atoms with Gasteiger partial charge in [0, 0.05) is 31.7 Å². The molecule has 1 saturated heterocycles. The molecule has 0 radical (unpaired) electrons. The molecule has 1 amide bonds. The molecule has 2 aromatic rings. The highest BCUT2D eigenvalue weighted by atomic mass is 16.5. The average molecular weight is 329 g/mol. The van der Waals surface area contributed by atoms with Crippen LogP contribution in [0.25, 0.3) is 11.4 Å². The number of nitrogens with zero attached hydrogens (tertiary/aromatic N) is 4. The summed E-state index contributed by atoms with van der Waals surface area (Å²) < 4.78 is 5.44. The summed E-state index contributed by atoms with van der Waals surface area (Å²) in [4.78, 5) is 20.5. The molecule has 0 aliphatic carbocycles. The van der Waals surface area contributed by atoms with Gasteiger partial charge < -0.3 is 15.2 Å². The molecule has 24 heavy (non-hydrogen) atoms. The normalized spacial score (nSPS) is 18.4. The smallest absolute Gasteiger partial charge is 0.244 e. The summed E-state index contributed by atoms with van der Waals surface area (Å²) in [5.41, 5.74) is 6.61. The van der Waals surface area contributed by atoms with Crippen molar-refractivity contribution in [3.05, 3.63) is 36.2 Å². The molecule has 0 bridgehead atoms. The Kier molecular flexibility index (Phi) is 4.92. The van der Waals surface area contributed by atoms with Gasteiger partial charge in [0.25, 0.3) is 0 Å². The number of aromatic nitrogens is 2. The van der Waals surface area contributed by atoms with Gasteiger partial charge in [-0.2, -0.15) is 4.98 Å². The predicted molar refractivity (Wildman–Crippen MR) is 90.0 cm³/mol. The molecule has 2 heterocycles. The third-order valence-electron chi connectivity index (χ3n) is 4.39. The maximum atomic E-state index is 11.9. The number of carbonyl (C=O) groups excluding carboxylic acids is 1. The van der Waals surface area contributed by atoms with Crippen LogP contribution in [0.15, 0.2) is 34.9 Å². The number of amides is 1. The van der Waals surface area contributed by atoms with Crippen molar-refractivity contribution in [1.29, 1.82) is 0 Å². The Labute approximate surface area is 141 Å². The van der Waals surface area contributed by atoms with Crippen LogP contribution < -0.4 is 5.73 Å². The number of nitrogens with two attached hydrogens (primary N) is 1. The third-order valence-corrected chi connectivity index (χ3v) is 4.39. The molecule has 7 heteroatoms. The van der Waals surface area contributed by atoms with Gasteiger partial charge >= 0.3 is 0 Å². The molecule has 1 aliphatic heterocycles. The fourth-order valence-corrected chi connectivity index (χ4v) is 2.88. The lowest BCUT2D eigenvalue weighted by atomic mass is 10.2. The molecule has 1 aromatic heterocycles. The Morgan fingerprint density at radius 1 is 1.17 bits per heavy atom. The minimum absolute atomic E-state index is 0.00598. The van der Waals surface area contributed by atoms with Gasteiger partial charge in [-0.3, -0.25) is 9.69 Å². The summed E-state index contributed by atoms with van der Waals surface area (Å²) in [7, 11) is 0. The summed E-state index contributed by atoms with van der Waals surface area (Å²) in [6.07, 6.45) is 0. The monoisotopic (exact) mass is 329 g/mol. The number of piperazine rings is 1. The van der Waals surface area contributed by atoms with Crippen LogP contribution >= 0.6 is 0 Å². The first-order valence-electron chi connectivity index (χ1n) is 8.23. The van der Waals surface area contributed by atoms with Crippen molar-refractivity contribution in [3.63, 3.8) is 0 Å². The van der Waals surface area contributed by atoms with Crippen LogP contribution in [0.5, 0.6) is 0 Å². The van der Waals surface area contributed by atoms with Gasteiger partial charge in [0.05, 0.1) is 12.1 Å². The van der Waals surface area contributed by atoms with Crippen molar-refractivity contribution >= 4 is 5.91 Å². The Hall–Kier alpha value is -2.25. The second kappa shape index (κ2) is 7.11. The zero-order valence-electron chi connectivity index (χ0n) is 14.1. The number of hydrogen-bond donors (Lipinski definition) is 1. The maximum absolute atomic E-state index is 11.9. The lowest BCUT2D eigenvalue weighted by molar-refractivity contribution is -0.134. The van der Waals surface area contributed by atoms with Gasteiger partial charge in [-0.15, -0.1) is 0 Å². The topological polar surface area (TPSA) is 88.5 Å². The quantitative estimate of drug-likeness (QED) is 0.909. The minimum Gasteiger partial charge on any atom is -0.339 e. The van der Waals surface area contributed by atoms with E-state index in [1.54, 1.807) is 6.92 Å². The number of hydrogen-bond acceptors (Lipinski definition) is 6. The molecule has 128 valence electrons.